The first-order chi connectivity index (χ1) is 15.4. The molecule has 0 atom stereocenters. The maximum Gasteiger partial charge on any atom is 0.268 e. The van der Waals surface area contributed by atoms with Crippen molar-refractivity contribution < 1.29 is 17.9 Å². The Balaban J connectivity index is 2.06. The molecule has 0 aliphatic heterocycles. The highest BCUT2D eigenvalue weighted by molar-refractivity contribution is 7.90. The summed E-state index contributed by atoms with van der Waals surface area (Å²) in [7, 11) is 1.62. The van der Waals surface area contributed by atoms with Gasteiger partial charge in [-0.25, -0.2) is 12.4 Å². The van der Waals surface area contributed by atoms with Crippen molar-refractivity contribution in [2.75, 3.05) is 34.4 Å². The Morgan fingerprint density at radius 1 is 0.906 bits per heavy atom. The molecule has 0 aliphatic rings. The molecule has 0 fully saturated rings. The lowest BCUT2D eigenvalue weighted by molar-refractivity contribution is 0.264. The SMILES string of the molecule is COc1ccc2c(c1)c(OCCN(C)C)c(-c1ccccc1)n2S(=O)(=O)c1ccccc1. The van der Waals surface area contributed by atoms with E-state index in [1.807, 2.05) is 55.4 Å². The maximum absolute atomic E-state index is 13.9. The Morgan fingerprint density at radius 3 is 2.19 bits per heavy atom. The Morgan fingerprint density at radius 2 is 1.56 bits per heavy atom. The van der Waals surface area contributed by atoms with E-state index in [1.54, 1.807) is 49.6 Å². The number of likely N-dealkylation sites (N-methyl/N-ethyl adjacent to an activating group) is 1. The van der Waals surface area contributed by atoms with Gasteiger partial charge in [-0.2, -0.15) is 0 Å². The van der Waals surface area contributed by atoms with Crippen LogP contribution in [0, 0.1) is 0 Å². The van der Waals surface area contributed by atoms with Crippen LogP contribution < -0.4 is 9.47 Å². The third kappa shape index (κ3) is 4.09. The van der Waals surface area contributed by atoms with Gasteiger partial charge in [0.2, 0.25) is 0 Å². The first kappa shape index (κ1) is 21.9. The predicted octanol–water partition coefficient (Wildman–Crippen LogP) is 4.49. The van der Waals surface area contributed by atoms with Crippen molar-refractivity contribution >= 4 is 20.9 Å². The minimum atomic E-state index is -3.90. The van der Waals surface area contributed by atoms with Gasteiger partial charge in [-0.1, -0.05) is 48.5 Å². The van der Waals surface area contributed by atoms with Crippen LogP contribution in [0.15, 0.2) is 83.8 Å². The van der Waals surface area contributed by atoms with Crippen LogP contribution in [-0.4, -0.2) is 51.6 Å². The van der Waals surface area contributed by atoms with Crippen molar-refractivity contribution in [3.05, 3.63) is 78.9 Å². The fourth-order valence-electron chi connectivity index (χ4n) is 3.61. The van der Waals surface area contributed by atoms with Crippen molar-refractivity contribution in [1.29, 1.82) is 0 Å². The van der Waals surface area contributed by atoms with Gasteiger partial charge in [-0.15, -0.1) is 0 Å². The van der Waals surface area contributed by atoms with Crippen LogP contribution in [-0.2, 0) is 10.0 Å². The number of aromatic nitrogens is 1. The molecule has 3 aromatic carbocycles. The van der Waals surface area contributed by atoms with Gasteiger partial charge in [0.15, 0.2) is 5.75 Å². The van der Waals surface area contributed by atoms with Crippen molar-refractivity contribution in [3.63, 3.8) is 0 Å². The highest BCUT2D eigenvalue weighted by atomic mass is 32.2. The lowest BCUT2D eigenvalue weighted by atomic mass is 10.1. The average Bonchev–Trinajstić information content (AvgIpc) is 3.14. The van der Waals surface area contributed by atoms with E-state index in [0.29, 0.717) is 41.2 Å². The third-order valence-corrected chi connectivity index (χ3v) is 6.93. The summed E-state index contributed by atoms with van der Waals surface area (Å²) < 4.78 is 40.8. The monoisotopic (exact) mass is 450 g/mol. The van der Waals surface area contributed by atoms with Crippen LogP contribution in [0.4, 0.5) is 0 Å². The number of nitrogens with zero attached hydrogens (tertiary/aromatic N) is 2. The minimum absolute atomic E-state index is 0.213. The van der Waals surface area contributed by atoms with Crippen LogP contribution in [0.2, 0.25) is 0 Å². The molecule has 0 radical (unpaired) electrons. The number of methoxy groups -OCH3 is 1. The Labute approximate surface area is 188 Å². The van der Waals surface area contributed by atoms with E-state index < -0.39 is 10.0 Å². The largest absolute Gasteiger partial charge is 0.497 e. The summed E-state index contributed by atoms with van der Waals surface area (Å²) in [6, 6.07) is 23.2. The molecule has 0 bridgehead atoms. The van der Waals surface area contributed by atoms with Crippen LogP contribution in [0.5, 0.6) is 11.5 Å². The molecule has 0 unspecified atom stereocenters. The first-order valence-corrected chi connectivity index (χ1v) is 11.7. The van der Waals surface area contributed by atoms with E-state index in [2.05, 4.69) is 0 Å². The number of rotatable bonds is 8. The summed E-state index contributed by atoms with van der Waals surface area (Å²) in [5.41, 5.74) is 1.78. The van der Waals surface area contributed by atoms with Gasteiger partial charge < -0.3 is 14.4 Å². The quantitative estimate of drug-likeness (QED) is 0.396. The lowest BCUT2D eigenvalue weighted by Crippen LogP contribution is -2.19. The van der Waals surface area contributed by atoms with Gasteiger partial charge in [0.1, 0.15) is 18.1 Å². The second-order valence-electron chi connectivity index (χ2n) is 7.66. The van der Waals surface area contributed by atoms with Gasteiger partial charge in [-0.05, 0) is 44.4 Å². The molecule has 1 aromatic heterocycles. The van der Waals surface area contributed by atoms with Crippen LogP contribution in [0.3, 0.4) is 0 Å². The average molecular weight is 451 g/mol. The van der Waals surface area contributed by atoms with E-state index in [-0.39, 0.29) is 4.90 Å². The van der Waals surface area contributed by atoms with Gasteiger partial charge in [0, 0.05) is 17.5 Å². The summed E-state index contributed by atoms with van der Waals surface area (Å²) >= 11 is 0. The van der Waals surface area contributed by atoms with Crippen molar-refractivity contribution in [1.82, 2.24) is 8.87 Å². The molecule has 0 saturated carbocycles. The Kier molecular flexibility index (Phi) is 6.21. The van der Waals surface area contributed by atoms with E-state index in [1.165, 1.54) is 3.97 Å². The van der Waals surface area contributed by atoms with E-state index >= 15 is 0 Å². The number of fused-ring (bicyclic) bond motifs is 1. The molecule has 0 aliphatic carbocycles. The molecule has 4 aromatic rings. The molecule has 32 heavy (non-hydrogen) atoms. The molecule has 7 heteroatoms. The maximum atomic E-state index is 13.9. The van der Waals surface area contributed by atoms with E-state index in [4.69, 9.17) is 9.47 Å². The molecule has 4 rings (SSSR count). The standard InChI is InChI=1S/C25H26N2O4S/c1-26(2)16-17-31-25-22-18-20(30-3)14-15-23(22)27(24(25)19-10-6-4-7-11-19)32(28,29)21-12-8-5-9-13-21/h4-15,18H,16-17H2,1-3H3. The first-order valence-electron chi connectivity index (χ1n) is 10.3. The van der Waals surface area contributed by atoms with Crippen LogP contribution in [0.1, 0.15) is 0 Å². The summed E-state index contributed by atoms with van der Waals surface area (Å²) in [5.74, 6) is 1.15. The molecule has 0 N–H and O–H groups in total. The molecule has 166 valence electrons. The smallest absolute Gasteiger partial charge is 0.268 e. The predicted molar refractivity (Wildman–Crippen MR) is 127 cm³/mol. The van der Waals surface area contributed by atoms with Crippen LogP contribution in [0.25, 0.3) is 22.2 Å². The lowest BCUT2D eigenvalue weighted by Gasteiger charge is -2.15. The Bertz CT molecular complexity index is 1310. The topological polar surface area (TPSA) is 60.8 Å². The second kappa shape index (κ2) is 9.06. The molecule has 0 saturated heterocycles. The van der Waals surface area contributed by atoms with Gasteiger partial charge in [0.05, 0.1) is 17.5 Å². The zero-order chi connectivity index (χ0) is 22.7. The molecule has 1 heterocycles. The molecular weight excluding hydrogens is 424 g/mol. The molecule has 0 amide bonds. The normalized spacial score (nSPS) is 11.8. The Hall–Kier alpha value is -3.29. The summed E-state index contributed by atoms with van der Waals surface area (Å²) in [6.45, 7) is 1.10. The summed E-state index contributed by atoms with van der Waals surface area (Å²) in [4.78, 5) is 2.23. The number of hydrogen-bond donors (Lipinski definition) is 0. The number of hydrogen-bond acceptors (Lipinski definition) is 5. The van der Waals surface area contributed by atoms with Crippen molar-refractivity contribution in [2.24, 2.45) is 0 Å². The second-order valence-corrected chi connectivity index (χ2v) is 9.45. The van der Waals surface area contributed by atoms with Gasteiger partial charge >= 0.3 is 0 Å². The van der Waals surface area contributed by atoms with Gasteiger partial charge in [-0.3, -0.25) is 0 Å². The van der Waals surface area contributed by atoms with Crippen molar-refractivity contribution in [3.8, 4) is 22.8 Å². The highest BCUT2D eigenvalue weighted by Gasteiger charge is 2.29. The summed E-state index contributed by atoms with van der Waals surface area (Å²) in [5, 5.41) is 0.682. The molecule has 0 spiro atoms. The number of ether oxygens (including phenoxy) is 2. The van der Waals surface area contributed by atoms with Crippen LogP contribution >= 0.6 is 0 Å². The third-order valence-electron chi connectivity index (χ3n) is 5.20. The molecular formula is C25H26N2O4S. The van der Waals surface area contributed by atoms with Gasteiger partial charge in [0.25, 0.3) is 10.0 Å². The number of benzene rings is 3. The summed E-state index contributed by atoms with van der Waals surface area (Å²) in [6.07, 6.45) is 0. The zero-order valence-corrected chi connectivity index (χ0v) is 19.2. The fraction of sp³-hybridized carbons (Fsp3) is 0.200. The minimum Gasteiger partial charge on any atom is -0.497 e. The van der Waals surface area contributed by atoms with E-state index in [0.717, 1.165) is 5.56 Å². The zero-order valence-electron chi connectivity index (χ0n) is 18.4. The fourth-order valence-corrected chi connectivity index (χ4v) is 5.17. The highest BCUT2D eigenvalue weighted by Crippen LogP contribution is 2.43. The molecule has 6 nitrogen and oxygen atoms in total. The van der Waals surface area contributed by atoms with Crippen molar-refractivity contribution in [2.45, 2.75) is 4.90 Å². The van der Waals surface area contributed by atoms with E-state index in [9.17, 15) is 8.42 Å².